The molecule has 0 radical (unpaired) electrons. The molecule has 2 fully saturated rings. The highest BCUT2D eigenvalue weighted by molar-refractivity contribution is 4.98. The van der Waals surface area contributed by atoms with Crippen LogP contribution in [0.1, 0.15) is 72.6 Å². The quantitative estimate of drug-likeness (QED) is 0.799. The van der Waals surface area contributed by atoms with Crippen molar-refractivity contribution in [2.45, 2.75) is 95.5 Å². The molecule has 0 aromatic heterocycles. The summed E-state index contributed by atoms with van der Waals surface area (Å²) >= 11 is 0. The molecule has 0 aromatic rings. The molecule has 1 atom stereocenters. The van der Waals surface area contributed by atoms with Gasteiger partial charge in [-0.15, -0.1) is 0 Å². The highest BCUT2D eigenvalue weighted by atomic mass is 16.6. The van der Waals surface area contributed by atoms with Gasteiger partial charge in [0.05, 0.1) is 22.9 Å². The maximum absolute atomic E-state index is 6.57. The topological polar surface area (TPSA) is 44.5 Å². The molecule has 1 saturated carbocycles. The average molecular weight is 269 g/mol. The number of hydrogen-bond donors (Lipinski definition) is 1. The first-order valence-corrected chi connectivity index (χ1v) is 7.87. The van der Waals surface area contributed by atoms with Gasteiger partial charge in [0.2, 0.25) is 0 Å². The zero-order chi connectivity index (χ0) is 14.1. The molecule has 3 nitrogen and oxygen atoms in total. The Hall–Kier alpha value is -0.120. The van der Waals surface area contributed by atoms with Crippen molar-refractivity contribution in [1.29, 1.82) is 0 Å². The fraction of sp³-hybridized carbons (Fsp3) is 1.00. The van der Waals surface area contributed by atoms with Crippen LogP contribution in [0.25, 0.3) is 0 Å². The van der Waals surface area contributed by atoms with E-state index in [-0.39, 0.29) is 22.9 Å². The van der Waals surface area contributed by atoms with E-state index in [0.29, 0.717) is 6.54 Å². The number of ether oxygens (including phenoxy) is 2. The lowest BCUT2D eigenvalue weighted by Gasteiger charge is -2.38. The lowest BCUT2D eigenvalue weighted by atomic mass is 9.91. The van der Waals surface area contributed by atoms with Crippen LogP contribution in [0.2, 0.25) is 0 Å². The van der Waals surface area contributed by atoms with Gasteiger partial charge in [-0.25, -0.2) is 0 Å². The smallest absolute Gasteiger partial charge is 0.0895 e. The van der Waals surface area contributed by atoms with E-state index in [1.165, 1.54) is 25.7 Å². The van der Waals surface area contributed by atoms with Gasteiger partial charge in [-0.2, -0.15) is 0 Å². The Bertz CT molecular complexity index is 304. The molecule has 1 saturated heterocycles. The maximum atomic E-state index is 6.57. The van der Waals surface area contributed by atoms with E-state index < -0.39 is 0 Å². The molecule has 0 amide bonds. The molecule has 1 aliphatic heterocycles. The lowest BCUT2D eigenvalue weighted by Crippen LogP contribution is -2.47. The Balaban J connectivity index is 2.09. The molecule has 19 heavy (non-hydrogen) atoms. The predicted octanol–water partition coefficient (Wildman–Crippen LogP) is 3.40. The third-order valence-corrected chi connectivity index (χ3v) is 4.77. The van der Waals surface area contributed by atoms with E-state index in [9.17, 15) is 0 Å². The Labute approximate surface area is 118 Å². The molecule has 112 valence electrons. The van der Waals surface area contributed by atoms with Crippen LogP contribution in [0.15, 0.2) is 0 Å². The minimum Gasteiger partial charge on any atom is -0.367 e. The van der Waals surface area contributed by atoms with Crippen LogP contribution >= 0.6 is 0 Å². The molecule has 2 N–H and O–H groups in total. The van der Waals surface area contributed by atoms with Crippen LogP contribution in [0, 0.1) is 0 Å². The van der Waals surface area contributed by atoms with Crippen LogP contribution in [-0.4, -0.2) is 29.5 Å². The monoisotopic (exact) mass is 269 g/mol. The standard InChI is InChI=1S/C16H31NO2/c1-14(2)11-13(15(3,4)19-14)18-16(12-17)9-7-5-6-8-10-16/h13H,5-12,17H2,1-4H3. The predicted molar refractivity (Wildman–Crippen MR) is 78.2 cm³/mol. The van der Waals surface area contributed by atoms with Crippen molar-refractivity contribution in [3.63, 3.8) is 0 Å². The van der Waals surface area contributed by atoms with Crippen molar-refractivity contribution in [2.24, 2.45) is 5.73 Å². The van der Waals surface area contributed by atoms with E-state index in [1.807, 2.05) is 0 Å². The van der Waals surface area contributed by atoms with E-state index in [2.05, 4.69) is 27.7 Å². The van der Waals surface area contributed by atoms with Gasteiger partial charge in [0.15, 0.2) is 0 Å². The summed E-state index contributed by atoms with van der Waals surface area (Å²) in [5.41, 5.74) is 5.67. The Morgan fingerprint density at radius 3 is 2.05 bits per heavy atom. The van der Waals surface area contributed by atoms with Crippen LogP contribution in [0.3, 0.4) is 0 Å². The van der Waals surface area contributed by atoms with Gasteiger partial charge in [-0.1, -0.05) is 25.7 Å². The summed E-state index contributed by atoms with van der Waals surface area (Å²) in [4.78, 5) is 0. The molecule has 1 heterocycles. The largest absolute Gasteiger partial charge is 0.367 e. The molecule has 1 unspecified atom stereocenters. The number of nitrogens with two attached hydrogens (primary N) is 1. The van der Waals surface area contributed by atoms with Crippen molar-refractivity contribution in [3.8, 4) is 0 Å². The third-order valence-electron chi connectivity index (χ3n) is 4.77. The van der Waals surface area contributed by atoms with Crippen molar-refractivity contribution < 1.29 is 9.47 Å². The maximum Gasteiger partial charge on any atom is 0.0895 e. The zero-order valence-electron chi connectivity index (χ0n) is 13.1. The summed E-state index contributed by atoms with van der Waals surface area (Å²) in [7, 11) is 0. The van der Waals surface area contributed by atoms with Gasteiger partial charge in [0, 0.05) is 13.0 Å². The summed E-state index contributed by atoms with van der Waals surface area (Å²) in [6.45, 7) is 9.24. The van der Waals surface area contributed by atoms with Crippen molar-refractivity contribution in [3.05, 3.63) is 0 Å². The van der Waals surface area contributed by atoms with Gasteiger partial charge in [0.1, 0.15) is 0 Å². The van der Waals surface area contributed by atoms with Crippen molar-refractivity contribution in [1.82, 2.24) is 0 Å². The van der Waals surface area contributed by atoms with Crippen molar-refractivity contribution >= 4 is 0 Å². The molecular formula is C16H31NO2. The van der Waals surface area contributed by atoms with E-state index in [4.69, 9.17) is 15.2 Å². The third kappa shape index (κ3) is 3.50. The lowest BCUT2D eigenvalue weighted by molar-refractivity contribution is -0.153. The molecule has 1 aliphatic carbocycles. The van der Waals surface area contributed by atoms with Crippen LogP contribution in [0.4, 0.5) is 0 Å². The fourth-order valence-electron chi connectivity index (χ4n) is 3.74. The van der Waals surface area contributed by atoms with Gasteiger partial charge in [-0.3, -0.25) is 0 Å². The van der Waals surface area contributed by atoms with Crippen LogP contribution in [0.5, 0.6) is 0 Å². The first-order valence-electron chi connectivity index (χ1n) is 7.87. The summed E-state index contributed by atoms with van der Waals surface area (Å²) in [5, 5.41) is 0. The molecular weight excluding hydrogens is 238 g/mol. The van der Waals surface area contributed by atoms with E-state index in [0.717, 1.165) is 19.3 Å². The highest BCUT2D eigenvalue weighted by Crippen LogP contribution is 2.42. The normalized spacial score (nSPS) is 33.0. The molecule has 2 rings (SSSR count). The second-order valence-electron chi connectivity index (χ2n) is 7.58. The minimum absolute atomic E-state index is 0.0886. The summed E-state index contributed by atoms with van der Waals surface area (Å²) in [6, 6.07) is 0. The van der Waals surface area contributed by atoms with Gasteiger partial charge < -0.3 is 15.2 Å². The number of hydrogen-bond acceptors (Lipinski definition) is 3. The van der Waals surface area contributed by atoms with E-state index >= 15 is 0 Å². The molecule has 0 bridgehead atoms. The first-order chi connectivity index (χ1) is 8.79. The Morgan fingerprint density at radius 2 is 1.63 bits per heavy atom. The summed E-state index contributed by atoms with van der Waals surface area (Å²) in [6.07, 6.45) is 8.46. The molecule has 0 aromatic carbocycles. The Kier molecular flexibility index (Phi) is 4.29. The van der Waals surface area contributed by atoms with Gasteiger partial charge >= 0.3 is 0 Å². The Morgan fingerprint density at radius 1 is 1.05 bits per heavy atom. The summed E-state index contributed by atoms with van der Waals surface area (Å²) < 4.78 is 12.7. The van der Waals surface area contributed by atoms with Crippen molar-refractivity contribution in [2.75, 3.05) is 6.54 Å². The molecule has 3 heteroatoms. The zero-order valence-corrected chi connectivity index (χ0v) is 13.1. The van der Waals surface area contributed by atoms with Crippen LogP contribution in [-0.2, 0) is 9.47 Å². The number of rotatable bonds is 3. The average Bonchev–Trinajstić information content (AvgIpc) is 2.46. The second kappa shape index (κ2) is 5.34. The van der Waals surface area contributed by atoms with Gasteiger partial charge in [0.25, 0.3) is 0 Å². The SMILES string of the molecule is CC1(C)CC(OC2(CN)CCCCCC2)C(C)(C)O1. The second-order valence-corrected chi connectivity index (χ2v) is 7.58. The molecule has 0 spiro atoms. The summed E-state index contributed by atoms with van der Waals surface area (Å²) in [5.74, 6) is 0. The van der Waals surface area contributed by atoms with Gasteiger partial charge in [-0.05, 0) is 40.5 Å². The minimum atomic E-state index is -0.210. The van der Waals surface area contributed by atoms with Crippen LogP contribution < -0.4 is 5.73 Å². The first kappa shape index (κ1) is 15.3. The fourth-order valence-corrected chi connectivity index (χ4v) is 3.74. The molecule has 2 aliphatic rings. The van der Waals surface area contributed by atoms with E-state index in [1.54, 1.807) is 0 Å². The highest BCUT2D eigenvalue weighted by Gasteiger charge is 2.49.